The zero-order valence-electron chi connectivity index (χ0n) is 13.4. The molecule has 0 bridgehead atoms. The molecule has 0 fully saturated rings. The summed E-state index contributed by atoms with van der Waals surface area (Å²) in [5.41, 5.74) is 0. The van der Waals surface area contributed by atoms with Gasteiger partial charge in [-0.05, 0) is 37.8 Å². The van der Waals surface area contributed by atoms with Gasteiger partial charge < -0.3 is 8.37 Å². The van der Waals surface area contributed by atoms with Crippen LogP contribution >= 0.6 is 0 Å². The lowest BCUT2D eigenvalue weighted by atomic mass is 10.2. The molecule has 0 spiro atoms. The van der Waals surface area contributed by atoms with E-state index in [1.54, 1.807) is 12.2 Å². The fourth-order valence-electron chi connectivity index (χ4n) is 1.75. The number of allylic oxidation sites excluding steroid dienone is 2. The number of hydrogen-bond acceptors (Lipinski definition) is 4. The Kier molecular flexibility index (Phi) is 13.3. The summed E-state index contributed by atoms with van der Waals surface area (Å²) in [4.78, 5) is 0. The smallest absolute Gasteiger partial charge is 0.361 e. The first-order chi connectivity index (χ1) is 10.1. The molecule has 0 rings (SSSR count). The van der Waals surface area contributed by atoms with Gasteiger partial charge >= 0.3 is 10.4 Å². The number of hydrogen-bond donors (Lipinski definition) is 0. The first-order valence-corrected chi connectivity index (χ1v) is 9.37. The van der Waals surface area contributed by atoms with Crippen LogP contribution in [0.2, 0.25) is 0 Å². The van der Waals surface area contributed by atoms with E-state index in [-0.39, 0.29) is 0 Å². The molecule has 0 radical (unpaired) electrons. The van der Waals surface area contributed by atoms with E-state index < -0.39 is 10.4 Å². The van der Waals surface area contributed by atoms with Crippen molar-refractivity contribution in [3.8, 4) is 0 Å². The van der Waals surface area contributed by atoms with E-state index in [0.29, 0.717) is 0 Å². The molecule has 0 unspecified atom stereocenters. The molecule has 0 aliphatic heterocycles. The van der Waals surface area contributed by atoms with Crippen LogP contribution in [-0.4, -0.2) is 8.42 Å². The van der Waals surface area contributed by atoms with Crippen LogP contribution in [0.5, 0.6) is 0 Å². The van der Waals surface area contributed by atoms with Crippen LogP contribution in [0.1, 0.15) is 78.1 Å². The lowest BCUT2D eigenvalue weighted by Crippen LogP contribution is -2.02. The van der Waals surface area contributed by atoms with Crippen molar-refractivity contribution in [2.24, 2.45) is 0 Å². The molecule has 0 amide bonds. The van der Waals surface area contributed by atoms with Gasteiger partial charge in [0.05, 0.1) is 0 Å². The van der Waals surface area contributed by atoms with E-state index in [2.05, 4.69) is 22.2 Å². The van der Waals surface area contributed by atoms with Crippen LogP contribution in [0.3, 0.4) is 0 Å². The predicted molar refractivity (Wildman–Crippen MR) is 86.9 cm³/mol. The summed E-state index contributed by atoms with van der Waals surface area (Å²) in [7, 11) is -3.95. The summed E-state index contributed by atoms with van der Waals surface area (Å²) >= 11 is 0. The van der Waals surface area contributed by atoms with Gasteiger partial charge in [0.15, 0.2) is 0 Å². The molecule has 4 nitrogen and oxygen atoms in total. The minimum Gasteiger partial charge on any atom is -0.361 e. The van der Waals surface area contributed by atoms with Gasteiger partial charge in [0, 0.05) is 0 Å². The molecule has 0 saturated carbocycles. The highest BCUT2D eigenvalue weighted by Gasteiger charge is 2.07. The second-order valence-corrected chi connectivity index (χ2v) is 6.24. The van der Waals surface area contributed by atoms with Crippen LogP contribution < -0.4 is 0 Å². The Morgan fingerprint density at radius 1 is 0.714 bits per heavy atom. The average molecular weight is 318 g/mol. The van der Waals surface area contributed by atoms with Crippen molar-refractivity contribution in [3.63, 3.8) is 0 Å². The van der Waals surface area contributed by atoms with E-state index in [0.717, 1.165) is 38.5 Å². The Hall–Kier alpha value is -0.970. The van der Waals surface area contributed by atoms with E-state index >= 15 is 0 Å². The topological polar surface area (TPSA) is 52.6 Å². The molecule has 0 aromatic rings. The van der Waals surface area contributed by atoms with E-state index in [9.17, 15) is 8.42 Å². The third-order valence-electron chi connectivity index (χ3n) is 2.99. The highest BCUT2D eigenvalue weighted by molar-refractivity contribution is 7.82. The van der Waals surface area contributed by atoms with Gasteiger partial charge in [-0.1, -0.05) is 52.4 Å². The molecule has 5 heteroatoms. The second-order valence-electron chi connectivity index (χ2n) is 5.04. The largest absolute Gasteiger partial charge is 0.499 e. The minimum atomic E-state index is -3.95. The summed E-state index contributed by atoms with van der Waals surface area (Å²) in [6.45, 7) is 4.31. The Morgan fingerprint density at radius 3 is 1.52 bits per heavy atom. The van der Waals surface area contributed by atoms with Gasteiger partial charge in [-0.2, -0.15) is 0 Å². The molecule has 0 aromatic heterocycles. The van der Waals surface area contributed by atoms with E-state index in [1.807, 2.05) is 0 Å². The molecule has 124 valence electrons. The second kappa shape index (κ2) is 14.0. The Morgan fingerprint density at radius 2 is 1.14 bits per heavy atom. The third kappa shape index (κ3) is 15.2. The van der Waals surface area contributed by atoms with Gasteiger partial charge in [-0.25, -0.2) is 0 Å². The lowest BCUT2D eigenvalue weighted by Gasteiger charge is -2.00. The van der Waals surface area contributed by atoms with Crippen molar-refractivity contribution in [2.45, 2.75) is 78.1 Å². The lowest BCUT2D eigenvalue weighted by molar-refractivity contribution is 0.334. The minimum absolute atomic E-state index is 0.822. The summed E-state index contributed by atoms with van der Waals surface area (Å²) < 4.78 is 31.9. The quantitative estimate of drug-likeness (QED) is 0.325. The average Bonchev–Trinajstić information content (AvgIpc) is 2.45. The predicted octanol–water partition coefficient (Wildman–Crippen LogP) is 5.23. The van der Waals surface area contributed by atoms with Crippen LogP contribution in [0.25, 0.3) is 0 Å². The summed E-state index contributed by atoms with van der Waals surface area (Å²) in [6, 6.07) is 0. The van der Waals surface area contributed by atoms with Gasteiger partial charge in [0.2, 0.25) is 0 Å². The van der Waals surface area contributed by atoms with Crippen LogP contribution in [-0.2, 0) is 18.8 Å². The summed E-state index contributed by atoms with van der Waals surface area (Å²) in [5.74, 6) is 0. The Balaban J connectivity index is 3.68. The molecule has 0 aliphatic carbocycles. The molecular formula is C16H30O4S. The van der Waals surface area contributed by atoms with E-state index in [4.69, 9.17) is 0 Å². The van der Waals surface area contributed by atoms with Crippen LogP contribution in [0, 0.1) is 0 Å². The maximum absolute atomic E-state index is 11.4. The number of rotatable bonds is 14. The van der Waals surface area contributed by atoms with Crippen molar-refractivity contribution in [1.29, 1.82) is 0 Å². The number of unbranched alkanes of at least 4 members (excludes halogenated alkanes) is 8. The molecule has 0 atom stereocenters. The zero-order chi connectivity index (χ0) is 15.8. The van der Waals surface area contributed by atoms with Crippen LogP contribution in [0.15, 0.2) is 24.7 Å². The molecule has 0 N–H and O–H groups in total. The van der Waals surface area contributed by atoms with Gasteiger partial charge in [0.1, 0.15) is 12.5 Å². The maximum Gasteiger partial charge on any atom is 0.499 e. The fraction of sp³-hybridized carbons (Fsp3) is 0.750. The third-order valence-corrected chi connectivity index (χ3v) is 3.68. The monoisotopic (exact) mass is 318 g/mol. The normalized spacial score (nSPS) is 12.3. The van der Waals surface area contributed by atoms with Gasteiger partial charge in [-0.15, -0.1) is 8.42 Å². The van der Waals surface area contributed by atoms with Crippen molar-refractivity contribution >= 4 is 10.4 Å². The fourth-order valence-corrected chi connectivity index (χ4v) is 2.23. The SMILES string of the molecule is CCCCCC/C=C/OS(=O)(=O)O/C=C/CCCCCC. The molecule has 0 aromatic carbocycles. The highest BCUT2D eigenvalue weighted by atomic mass is 32.3. The van der Waals surface area contributed by atoms with Crippen molar-refractivity contribution in [3.05, 3.63) is 24.7 Å². The van der Waals surface area contributed by atoms with Crippen LogP contribution in [0.4, 0.5) is 0 Å². The van der Waals surface area contributed by atoms with Crippen molar-refractivity contribution < 1.29 is 16.8 Å². The molecule has 0 aliphatic rings. The molecule has 21 heavy (non-hydrogen) atoms. The molecular weight excluding hydrogens is 288 g/mol. The van der Waals surface area contributed by atoms with E-state index in [1.165, 1.54) is 38.2 Å². The van der Waals surface area contributed by atoms with Crippen molar-refractivity contribution in [1.82, 2.24) is 0 Å². The first kappa shape index (κ1) is 20.0. The van der Waals surface area contributed by atoms with Gasteiger partial charge in [-0.3, -0.25) is 0 Å². The summed E-state index contributed by atoms with van der Waals surface area (Å²) in [5, 5.41) is 0. The van der Waals surface area contributed by atoms with Gasteiger partial charge in [0.25, 0.3) is 0 Å². The molecule has 0 saturated heterocycles. The standard InChI is InChI=1S/C16H30O4S/c1-3-5-7-9-11-13-15-19-21(17,18)20-16-14-12-10-8-6-4-2/h13-16H,3-12H2,1-2H3/b15-13+,16-14+. The maximum atomic E-state index is 11.4. The summed E-state index contributed by atoms with van der Waals surface area (Å²) in [6.07, 6.45) is 16.7. The Bertz CT molecular complexity index is 342. The highest BCUT2D eigenvalue weighted by Crippen LogP contribution is 2.06. The Labute approximate surface area is 130 Å². The van der Waals surface area contributed by atoms with Crippen molar-refractivity contribution in [2.75, 3.05) is 0 Å². The zero-order valence-corrected chi connectivity index (χ0v) is 14.2. The molecule has 0 heterocycles. The first-order valence-electron chi connectivity index (χ1n) is 8.04.